The molecule has 0 saturated carbocycles. The normalized spacial score (nSPS) is 50.4. The number of cyclic esters (lactones) is 1. The molecule has 6 N–H and O–H groups in total. The van der Waals surface area contributed by atoms with Crippen LogP contribution in [0.5, 0.6) is 0 Å². The zero-order valence-electron chi connectivity index (χ0n) is 31.1. The van der Waals surface area contributed by atoms with Gasteiger partial charge in [0.1, 0.15) is 23.9 Å². The van der Waals surface area contributed by atoms with Crippen LogP contribution in [0.1, 0.15) is 101 Å². The zero-order chi connectivity index (χ0) is 37.2. The van der Waals surface area contributed by atoms with Gasteiger partial charge in [0.25, 0.3) is 0 Å². The Morgan fingerprint density at radius 2 is 1.53 bits per heavy atom. The number of methoxy groups -OCH3 is 1. The summed E-state index contributed by atoms with van der Waals surface area (Å²) in [7, 11) is 1.48. The summed E-state index contributed by atoms with van der Waals surface area (Å²) in [4.78, 5) is 14.0. The number of oxime groups is 1. The summed E-state index contributed by atoms with van der Waals surface area (Å²) in [6.07, 6.45) is -8.60. The standard InChI is InChI=1S/C35H63NO13/c1-12-24-35(10,42)28(38)19(4)26(36-43)17(2)15-33(8,41)30(49-32-23(37)14-13-18(3)45-32)20(5)27(21(6)31(40)47-24)48-25-16-34(9,44-11)29(39)22(7)46-25/h17-25,27-30,32,37-39,41-43H,12-16H2,1-11H3/b36-26+/t17-,18-,19+,20+,21-,22+,23-,24-,25+,27+,28-,29+,30-,32+,33-,34-,35-/m1/s1. The minimum absolute atomic E-state index is 0.0490. The second kappa shape index (κ2) is 16.5. The van der Waals surface area contributed by atoms with Crippen LogP contribution < -0.4 is 0 Å². The Hall–Kier alpha value is -1.46. The van der Waals surface area contributed by atoms with Gasteiger partial charge in [0.2, 0.25) is 0 Å². The van der Waals surface area contributed by atoms with Gasteiger partial charge in [-0.25, -0.2) is 0 Å². The van der Waals surface area contributed by atoms with Crippen molar-refractivity contribution in [1.29, 1.82) is 0 Å². The van der Waals surface area contributed by atoms with E-state index in [0.717, 1.165) is 0 Å². The first-order valence-corrected chi connectivity index (χ1v) is 17.7. The van der Waals surface area contributed by atoms with E-state index in [2.05, 4.69) is 5.16 Å². The van der Waals surface area contributed by atoms with Crippen molar-refractivity contribution in [1.82, 2.24) is 0 Å². The summed E-state index contributed by atoms with van der Waals surface area (Å²) >= 11 is 0. The fraction of sp³-hybridized carbons (Fsp3) is 0.943. The zero-order valence-corrected chi connectivity index (χ0v) is 31.1. The van der Waals surface area contributed by atoms with Crippen molar-refractivity contribution >= 4 is 11.7 Å². The lowest BCUT2D eigenvalue weighted by molar-refractivity contribution is -0.314. The Bertz CT molecular complexity index is 1120. The SMILES string of the molecule is CC[C@H]1OC(=O)[C@H](C)[C@@H](O[C@H]2C[C@@](C)(OC)[C@@H](O)[C@H](C)O2)[C@H](C)[C@@H](O[C@@H]2O[C@H](C)CC[C@H]2O)[C@](C)(O)C[C@@H](C)/C(=N\O)[C@H](C)[C@@H](O)[C@]1(C)O. The molecule has 17 atom stereocenters. The summed E-state index contributed by atoms with van der Waals surface area (Å²) in [6.45, 7) is 16.6. The van der Waals surface area contributed by atoms with E-state index in [4.69, 9.17) is 28.4 Å². The topological polar surface area (TPSA) is 206 Å². The monoisotopic (exact) mass is 705 g/mol. The molecule has 0 bridgehead atoms. The third kappa shape index (κ3) is 9.13. The second-order valence-corrected chi connectivity index (χ2v) is 15.5. The Kier molecular flexibility index (Phi) is 14.1. The molecule has 0 aromatic rings. The molecule has 3 aliphatic heterocycles. The molecule has 14 nitrogen and oxygen atoms in total. The molecule has 3 saturated heterocycles. The van der Waals surface area contributed by atoms with Gasteiger partial charge in [-0.2, -0.15) is 0 Å². The highest BCUT2D eigenvalue weighted by atomic mass is 16.7. The van der Waals surface area contributed by atoms with Gasteiger partial charge in [-0.3, -0.25) is 4.79 Å². The first-order chi connectivity index (χ1) is 22.6. The minimum atomic E-state index is -1.96. The maximum Gasteiger partial charge on any atom is 0.311 e. The van der Waals surface area contributed by atoms with Gasteiger partial charge in [-0.05, 0) is 67.2 Å². The number of aliphatic hydroxyl groups is 5. The molecule has 0 aliphatic carbocycles. The third-order valence-electron chi connectivity index (χ3n) is 11.2. The Morgan fingerprint density at radius 3 is 2.10 bits per heavy atom. The van der Waals surface area contributed by atoms with Gasteiger partial charge in [0, 0.05) is 31.3 Å². The summed E-state index contributed by atoms with van der Waals surface area (Å²) in [6, 6.07) is 0. The fourth-order valence-electron chi connectivity index (χ4n) is 8.01. The van der Waals surface area contributed by atoms with E-state index in [9.17, 15) is 35.5 Å². The van der Waals surface area contributed by atoms with Crippen LogP contribution in [0.25, 0.3) is 0 Å². The molecule has 3 aliphatic rings. The highest BCUT2D eigenvalue weighted by Gasteiger charge is 2.52. The first-order valence-electron chi connectivity index (χ1n) is 17.7. The number of aliphatic hydroxyl groups excluding tert-OH is 3. The molecule has 3 rings (SSSR count). The van der Waals surface area contributed by atoms with Gasteiger partial charge in [-0.15, -0.1) is 0 Å². The van der Waals surface area contributed by atoms with Crippen LogP contribution in [-0.4, -0.2) is 128 Å². The highest BCUT2D eigenvalue weighted by Crippen LogP contribution is 2.40. The molecule has 0 amide bonds. The van der Waals surface area contributed by atoms with Crippen LogP contribution in [-0.2, 0) is 33.2 Å². The molecule has 3 heterocycles. The number of carbonyl (C=O) groups excluding carboxylic acids is 1. The van der Waals surface area contributed by atoms with E-state index >= 15 is 0 Å². The molecular weight excluding hydrogens is 642 g/mol. The smallest absolute Gasteiger partial charge is 0.311 e. The number of hydrogen-bond acceptors (Lipinski definition) is 14. The van der Waals surface area contributed by atoms with Crippen LogP contribution in [0.15, 0.2) is 5.16 Å². The van der Waals surface area contributed by atoms with Crippen molar-refractivity contribution in [2.45, 2.75) is 180 Å². The number of rotatable bonds is 6. The lowest BCUT2D eigenvalue weighted by atomic mass is 9.73. The van der Waals surface area contributed by atoms with E-state index in [1.165, 1.54) is 14.0 Å². The number of carbonyl (C=O) groups is 1. The molecule has 0 unspecified atom stereocenters. The van der Waals surface area contributed by atoms with Crippen LogP contribution in [0.4, 0.5) is 0 Å². The number of nitrogens with zero attached hydrogens (tertiary/aromatic N) is 1. The van der Waals surface area contributed by atoms with Crippen molar-refractivity contribution in [3.8, 4) is 0 Å². The predicted octanol–water partition coefficient (Wildman–Crippen LogP) is 2.51. The van der Waals surface area contributed by atoms with Crippen LogP contribution in [0, 0.1) is 23.7 Å². The lowest BCUT2D eigenvalue weighted by Gasteiger charge is -2.48. The minimum Gasteiger partial charge on any atom is -0.459 e. The van der Waals surface area contributed by atoms with Crippen molar-refractivity contribution in [3.63, 3.8) is 0 Å². The van der Waals surface area contributed by atoms with E-state index in [1.54, 1.807) is 55.4 Å². The molecular formula is C35H63NO13. The molecule has 0 radical (unpaired) electrons. The summed E-state index contributed by atoms with van der Waals surface area (Å²) in [5.74, 6) is -4.15. The van der Waals surface area contributed by atoms with Gasteiger partial charge in [0.05, 0.1) is 53.4 Å². The van der Waals surface area contributed by atoms with E-state index in [1.807, 2.05) is 6.92 Å². The largest absolute Gasteiger partial charge is 0.459 e. The van der Waals surface area contributed by atoms with Gasteiger partial charge < -0.3 is 59.2 Å². The third-order valence-corrected chi connectivity index (χ3v) is 11.2. The van der Waals surface area contributed by atoms with Gasteiger partial charge in [-0.1, -0.05) is 32.9 Å². The van der Waals surface area contributed by atoms with Crippen molar-refractivity contribution in [2.75, 3.05) is 7.11 Å². The summed E-state index contributed by atoms with van der Waals surface area (Å²) in [5, 5.41) is 70.8. The molecule has 3 fully saturated rings. The Labute approximate surface area is 291 Å². The Balaban J connectivity index is 2.18. The highest BCUT2D eigenvalue weighted by molar-refractivity contribution is 5.88. The van der Waals surface area contributed by atoms with Gasteiger partial charge in [0.15, 0.2) is 12.6 Å². The molecule has 0 aromatic carbocycles. The van der Waals surface area contributed by atoms with Crippen molar-refractivity contribution < 1.29 is 64.0 Å². The Morgan fingerprint density at radius 1 is 0.898 bits per heavy atom. The average Bonchev–Trinajstić information content (AvgIpc) is 3.03. The summed E-state index contributed by atoms with van der Waals surface area (Å²) in [5.41, 5.74) is -4.61. The number of hydrogen-bond donors (Lipinski definition) is 6. The van der Waals surface area contributed by atoms with Gasteiger partial charge >= 0.3 is 5.97 Å². The van der Waals surface area contributed by atoms with Crippen LogP contribution >= 0.6 is 0 Å². The first kappa shape index (κ1) is 42.0. The van der Waals surface area contributed by atoms with Crippen LogP contribution in [0.3, 0.4) is 0 Å². The maximum absolute atomic E-state index is 14.0. The fourth-order valence-corrected chi connectivity index (χ4v) is 8.01. The molecule has 0 aromatic heterocycles. The summed E-state index contributed by atoms with van der Waals surface area (Å²) < 4.78 is 36.8. The van der Waals surface area contributed by atoms with Crippen LogP contribution in [0.2, 0.25) is 0 Å². The second-order valence-electron chi connectivity index (χ2n) is 15.5. The predicted molar refractivity (Wildman–Crippen MR) is 178 cm³/mol. The molecule has 14 heteroatoms. The number of esters is 1. The van der Waals surface area contributed by atoms with E-state index < -0.39 is 102 Å². The quantitative estimate of drug-likeness (QED) is 0.134. The molecule has 49 heavy (non-hydrogen) atoms. The van der Waals surface area contributed by atoms with Crippen molar-refractivity contribution in [3.05, 3.63) is 0 Å². The lowest BCUT2D eigenvalue weighted by Crippen LogP contribution is -2.60. The van der Waals surface area contributed by atoms with Crippen molar-refractivity contribution in [2.24, 2.45) is 28.8 Å². The molecule has 0 spiro atoms. The van der Waals surface area contributed by atoms with E-state index in [0.29, 0.717) is 12.8 Å². The van der Waals surface area contributed by atoms with E-state index in [-0.39, 0.29) is 31.1 Å². The molecule has 286 valence electrons. The maximum atomic E-state index is 14.0. The average molecular weight is 706 g/mol. The number of ether oxygens (including phenoxy) is 6.